The van der Waals surface area contributed by atoms with Gasteiger partial charge in [0.05, 0.1) is 10.5 Å². The summed E-state index contributed by atoms with van der Waals surface area (Å²) in [6.07, 6.45) is 2.98. The highest BCUT2D eigenvalue weighted by Crippen LogP contribution is 2.20. The van der Waals surface area contributed by atoms with E-state index in [1.807, 2.05) is 4.90 Å². The Labute approximate surface area is 141 Å². The SMILES string of the molecule is O=S(=O)(/N=C(/c1ccccc1F)N1CCCCC1)c1ccccc1. The first-order valence-electron chi connectivity index (χ1n) is 7.98. The van der Waals surface area contributed by atoms with Gasteiger partial charge in [0.1, 0.15) is 5.82 Å². The van der Waals surface area contributed by atoms with Gasteiger partial charge in [-0.3, -0.25) is 0 Å². The van der Waals surface area contributed by atoms with Crippen LogP contribution >= 0.6 is 0 Å². The Balaban J connectivity index is 2.09. The first-order valence-corrected chi connectivity index (χ1v) is 9.42. The van der Waals surface area contributed by atoms with Crippen LogP contribution < -0.4 is 0 Å². The second-order valence-corrected chi connectivity index (χ2v) is 7.33. The number of nitrogens with zero attached hydrogens (tertiary/aromatic N) is 2. The molecule has 0 bridgehead atoms. The molecular formula is C18H19FN2O2S. The van der Waals surface area contributed by atoms with E-state index < -0.39 is 15.8 Å². The van der Waals surface area contributed by atoms with Gasteiger partial charge in [0, 0.05) is 13.1 Å². The minimum atomic E-state index is -3.89. The van der Waals surface area contributed by atoms with E-state index in [-0.39, 0.29) is 16.3 Å². The van der Waals surface area contributed by atoms with Crippen molar-refractivity contribution in [2.45, 2.75) is 24.2 Å². The molecule has 126 valence electrons. The van der Waals surface area contributed by atoms with Crippen LogP contribution in [0.3, 0.4) is 0 Å². The van der Waals surface area contributed by atoms with Crippen LogP contribution in [0.2, 0.25) is 0 Å². The summed E-state index contributed by atoms with van der Waals surface area (Å²) in [5, 5.41) is 0. The molecule has 0 aliphatic carbocycles. The number of likely N-dealkylation sites (tertiary alicyclic amines) is 1. The van der Waals surface area contributed by atoms with Crippen LogP contribution in [0.5, 0.6) is 0 Å². The first-order chi connectivity index (χ1) is 11.6. The van der Waals surface area contributed by atoms with Crippen molar-refractivity contribution in [1.82, 2.24) is 4.90 Å². The third-order valence-electron chi connectivity index (χ3n) is 4.02. The van der Waals surface area contributed by atoms with Gasteiger partial charge in [-0.15, -0.1) is 4.40 Å². The lowest BCUT2D eigenvalue weighted by Gasteiger charge is -2.29. The zero-order chi connectivity index (χ0) is 17.0. The summed E-state index contributed by atoms with van der Waals surface area (Å²) in [4.78, 5) is 1.97. The second kappa shape index (κ2) is 7.13. The summed E-state index contributed by atoms with van der Waals surface area (Å²) in [6.45, 7) is 1.36. The van der Waals surface area contributed by atoms with Gasteiger partial charge in [-0.25, -0.2) is 4.39 Å². The summed E-state index contributed by atoms with van der Waals surface area (Å²) in [5.74, 6) is -0.276. The fourth-order valence-corrected chi connectivity index (χ4v) is 3.83. The maximum atomic E-state index is 14.3. The molecule has 1 heterocycles. The van der Waals surface area contributed by atoms with Gasteiger partial charge in [-0.2, -0.15) is 8.42 Å². The minimum Gasteiger partial charge on any atom is -0.355 e. The molecule has 2 aromatic rings. The van der Waals surface area contributed by atoms with Crippen molar-refractivity contribution in [1.29, 1.82) is 0 Å². The molecule has 0 N–H and O–H groups in total. The summed E-state index contributed by atoms with van der Waals surface area (Å²) in [5.41, 5.74) is 0.221. The third-order valence-corrected chi connectivity index (χ3v) is 5.30. The van der Waals surface area contributed by atoms with Gasteiger partial charge in [-0.1, -0.05) is 30.3 Å². The molecule has 2 aromatic carbocycles. The van der Waals surface area contributed by atoms with E-state index in [1.54, 1.807) is 36.4 Å². The van der Waals surface area contributed by atoms with E-state index in [0.717, 1.165) is 19.3 Å². The van der Waals surface area contributed by atoms with E-state index in [1.165, 1.54) is 18.2 Å². The molecule has 6 heteroatoms. The molecule has 0 unspecified atom stereocenters. The first kappa shape index (κ1) is 16.6. The maximum Gasteiger partial charge on any atom is 0.284 e. The van der Waals surface area contributed by atoms with Crippen molar-refractivity contribution < 1.29 is 12.8 Å². The zero-order valence-electron chi connectivity index (χ0n) is 13.2. The Morgan fingerprint density at radius 2 is 1.54 bits per heavy atom. The number of rotatable bonds is 3. The standard InChI is InChI=1S/C18H19FN2O2S/c19-17-12-6-5-11-16(17)18(21-13-7-2-8-14-21)20-24(22,23)15-9-3-1-4-10-15/h1,3-6,9-12H,2,7-8,13-14H2/b20-18-. The van der Waals surface area contributed by atoms with Crippen molar-refractivity contribution in [2.24, 2.45) is 4.40 Å². The number of piperidine rings is 1. The monoisotopic (exact) mass is 346 g/mol. The van der Waals surface area contributed by atoms with Gasteiger partial charge in [0.15, 0.2) is 5.84 Å². The van der Waals surface area contributed by atoms with Crippen molar-refractivity contribution in [3.63, 3.8) is 0 Å². The van der Waals surface area contributed by atoms with Gasteiger partial charge in [0.25, 0.3) is 10.0 Å². The highest BCUT2D eigenvalue weighted by molar-refractivity contribution is 7.90. The lowest BCUT2D eigenvalue weighted by atomic mass is 10.1. The average Bonchev–Trinajstić information content (AvgIpc) is 2.62. The topological polar surface area (TPSA) is 49.7 Å². The van der Waals surface area contributed by atoms with Crippen LogP contribution in [0.1, 0.15) is 24.8 Å². The molecule has 0 saturated carbocycles. The van der Waals surface area contributed by atoms with Gasteiger partial charge >= 0.3 is 0 Å². The Morgan fingerprint density at radius 1 is 0.917 bits per heavy atom. The molecule has 0 atom stereocenters. The van der Waals surface area contributed by atoms with Crippen LogP contribution in [0.4, 0.5) is 4.39 Å². The van der Waals surface area contributed by atoms with E-state index in [0.29, 0.717) is 13.1 Å². The molecule has 4 nitrogen and oxygen atoms in total. The number of hydrogen-bond acceptors (Lipinski definition) is 2. The molecule has 0 amide bonds. The Kier molecular flexibility index (Phi) is 4.94. The zero-order valence-corrected chi connectivity index (χ0v) is 14.0. The van der Waals surface area contributed by atoms with Gasteiger partial charge < -0.3 is 4.90 Å². The fourth-order valence-electron chi connectivity index (χ4n) is 2.78. The summed E-state index contributed by atoms with van der Waals surface area (Å²) >= 11 is 0. The molecular weight excluding hydrogens is 327 g/mol. The lowest BCUT2D eigenvalue weighted by molar-refractivity contribution is 0.342. The quantitative estimate of drug-likeness (QED) is 0.632. The number of amidine groups is 1. The van der Waals surface area contributed by atoms with Crippen molar-refractivity contribution in [3.8, 4) is 0 Å². The highest BCUT2D eigenvalue weighted by atomic mass is 32.2. The molecule has 0 aromatic heterocycles. The maximum absolute atomic E-state index is 14.3. The minimum absolute atomic E-state index is 0.107. The predicted molar refractivity (Wildman–Crippen MR) is 92.0 cm³/mol. The summed E-state index contributed by atoms with van der Waals surface area (Å²) in [7, 11) is -3.89. The smallest absolute Gasteiger partial charge is 0.284 e. The van der Waals surface area contributed by atoms with E-state index >= 15 is 0 Å². The van der Waals surface area contributed by atoms with E-state index in [9.17, 15) is 12.8 Å². The summed E-state index contributed by atoms with van der Waals surface area (Å²) in [6, 6.07) is 14.2. The Hall–Kier alpha value is -2.21. The fraction of sp³-hybridized carbons (Fsp3) is 0.278. The molecule has 1 saturated heterocycles. The second-order valence-electron chi connectivity index (χ2n) is 5.73. The third kappa shape index (κ3) is 3.64. The van der Waals surface area contributed by atoms with Gasteiger partial charge in [0.2, 0.25) is 0 Å². The predicted octanol–water partition coefficient (Wildman–Crippen LogP) is 3.45. The Bertz CT molecular complexity index is 829. The molecule has 1 fully saturated rings. The normalized spacial score (nSPS) is 16.2. The van der Waals surface area contributed by atoms with Crippen LogP contribution in [0.25, 0.3) is 0 Å². The van der Waals surface area contributed by atoms with Crippen molar-refractivity contribution >= 4 is 15.9 Å². The van der Waals surface area contributed by atoms with Crippen LogP contribution in [0.15, 0.2) is 63.9 Å². The highest BCUT2D eigenvalue weighted by Gasteiger charge is 2.23. The molecule has 24 heavy (non-hydrogen) atoms. The number of halogens is 1. The summed E-state index contributed by atoms with van der Waals surface area (Å²) < 4.78 is 43.5. The van der Waals surface area contributed by atoms with E-state index in [2.05, 4.69) is 4.40 Å². The van der Waals surface area contributed by atoms with E-state index in [4.69, 9.17) is 0 Å². The number of benzene rings is 2. The molecule has 3 rings (SSSR count). The average molecular weight is 346 g/mol. The molecule has 0 spiro atoms. The van der Waals surface area contributed by atoms with Crippen LogP contribution in [-0.4, -0.2) is 32.2 Å². The van der Waals surface area contributed by atoms with Crippen LogP contribution in [0, 0.1) is 5.82 Å². The van der Waals surface area contributed by atoms with Crippen LogP contribution in [-0.2, 0) is 10.0 Å². The van der Waals surface area contributed by atoms with Crippen molar-refractivity contribution in [2.75, 3.05) is 13.1 Å². The number of hydrogen-bond donors (Lipinski definition) is 0. The Morgan fingerprint density at radius 3 is 2.21 bits per heavy atom. The number of sulfonamides is 1. The lowest BCUT2D eigenvalue weighted by Crippen LogP contribution is -2.37. The van der Waals surface area contributed by atoms with Gasteiger partial charge in [-0.05, 0) is 43.5 Å². The van der Waals surface area contributed by atoms with Crippen molar-refractivity contribution in [3.05, 3.63) is 66.0 Å². The molecule has 1 aliphatic heterocycles. The molecule has 1 aliphatic rings. The molecule has 0 radical (unpaired) electrons. The largest absolute Gasteiger partial charge is 0.355 e.